The molecule has 174 valence electrons. The van der Waals surface area contributed by atoms with Crippen molar-refractivity contribution < 1.29 is 14.3 Å². The van der Waals surface area contributed by atoms with Crippen LogP contribution in [0.1, 0.15) is 68.1 Å². The molecule has 2 heterocycles. The molecule has 1 N–H and O–H groups in total. The van der Waals surface area contributed by atoms with Gasteiger partial charge in [-0.2, -0.15) is 0 Å². The zero-order valence-electron chi connectivity index (χ0n) is 19.1. The first-order valence-electron chi connectivity index (χ1n) is 12.4. The van der Waals surface area contributed by atoms with Gasteiger partial charge in [0.1, 0.15) is 5.82 Å². The molecule has 2 aromatic rings. The summed E-state index contributed by atoms with van der Waals surface area (Å²) in [6, 6.07) is 4.89. The summed E-state index contributed by atoms with van der Waals surface area (Å²) in [5.74, 6) is 2.41. The summed E-state index contributed by atoms with van der Waals surface area (Å²) in [7, 11) is 0. The summed E-state index contributed by atoms with van der Waals surface area (Å²) in [5.41, 5.74) is 0.958. The minimum atomic E-state index is -0.572. The fourth-order valence-corrected chi connectivity index (χ4v) is 7.57. The summed E-state index contributed by atoms with van der Waals surface area (Å²) in [5, 5.41) is 3.64. The third kappa shape index (κ3) is 3.56. The Bertz CT molecular complexity index is 1160. The third-order valence-corrected chi connectivity index (χ3v) is 8.77. The highest BCUT2D eigenvalue weighted by molar-refractivity contribution is 5.95. The van der Waals surface area contributed by atoms with E-state index in [1.807, 2.05) is 0 Å². The summed E-state index contributed by atoms with van der Waals surface area (Å²) in [4.78, 5) is 42.4. The first kappa shape index (κ1) is 20.9. The molecule has 1 aliphatic heterocycles. The van der Waals surface area contributed by atoms with Crippen LogP contribution in [0.2, 0.25) is 0 Å². The number of carbonyl (C=O) groups is 2. The molecule has 5 aliphatic rings. The number of nitrogens with zero attached hydrogens (tertiary/aromatic N) is 2. The van der Waals surface area contributed by atoms with E-state index in [2.05, 4.69) is 17.2 Å². The van der Waals surface area contributed by atoms with Gasteiger partial charge in [-0.15, -0.1) is 0 Å². The minimum absolute atomic E-state index is 0.0644. The molecule has 33 heavy (non-hydrogen) atoms. The van der Waals surface area contributed by atoms with Crippen LogP contribution in [-0.4, -0.2) is 34.1 Å². The molecule has 0 unspecified atom stereocenters. The Kier molecular flexibility index (Phi) is 4.85. The second kappa shape index (κ2) is 7.67. The van der Waals surface area contributed by atoms with E-state index in [4.69, 9.17) is 4.74 Å². The largest absolute Gasteiger partial charge is 0.452 e. The number of aromatic nitrogens is 2. The Labute approximate surface area is 192 Å². The van der Waals surface area contributed by atoms with Gasteiger partial charge in [0, 0.05) is 19.0 Å². The van der Waals surface area contributed by atoms with Crippen LogP contribution in [0, 0.1) is 23.2 Å². The molecule has 4 fully saturated rings. The van der Waals surface area contributed by atoms with E-state index in [0.717, 1.165) is 36.4 Å². The lowest BCUT2D eigenvalue weighted by Gasteiger charge is -2.59. The van der Waals surface area contributed by atoms with E-state index >= 15 is 0 Å². The maximum Gasteiger partial charge on any atom is 0.338 e. The fourth-order valence-electron chi connectivity index (χ4n) is 7.57. The first-order chi connectivity index (χ1) is 15.9. The first-order valence-corrected chi connectivity index (χ1v) is 12.4. The number of hydrogen-bond donors (Lipinski definition) is 1. The second-order valence-electron chi connectivity index (χ2n) is 11.0. The lowest BCUT2D eigenvalue weighted by molar-refractivity contribution is -0.128. The van der Waals surface area contributed by atoms with Crippen LogP contribution in [0.3, 0.4) is 0 Å². The van der Waals surface area contributed by atoms with Crippen molar-refractivity contribution in [3.63, 3.8) is 0 Å². The standard InChI is InChI=1S/C26H31N3O4/c1-15(26-11-16-7-17(12-26)9-18(8-16)13-26)27-23(30)14-33-25(32)19-4-5-20-21(10-19)28-22-3-2-6-29(22)24(20)31/h4-5,10,15-18H,2-3,6-9,11-14H2,1H3,(H,27,30)/t15-,16?,17?,18?,26?/m0/s1. The Morgan fingerprint density at radius 3 is 2.58 bits per heavy atom. The van der Waals surface area contributed by atoms with Crippen molar-refractivity contribution in [1.29, 1.82) is 0 Å². The summed E-state index contributed by atoms with van der Waals surface area (Å²) < 4.78 is 7.02. The Balaban J connectivity index is 1.10. The van der Waals surface area contributed by atoms with Crippen LogP contribution in [0.5, 0.6) is 0 Å². The second-order valence-corrected chi connectivity index (χ2v) is 11.0. The number of nitrogens with one attached hydrogen (secondary N) is 1. The third-order valence-electron chi connectivity index (χ3n) is 8.77. The predicted octanol–water partition coefficient (Wildman–Crippen LogP) is 3.22. The van der Waals surface area contributed by atoms with Crippen LogP contribution >= 0.6 is 0 Å². The molecule has 1 aromatic heterocycles. The number of amides is 1. The number of hydrogen-bond acceptors (Lipinski definition) is 5. The van der Waals surface area contributed by atoms with Gasteiger partial charge in [0.05, 0.1) is 16.5 Å². The molecule has 4 saturated carbocycles. The number of carbonyl (C=O) groups excluding carboxylic acids is 2. The highest BCUT2D eigenvalue weighted by atomic mass is 16.5. The van der Waals surface area contributed by atoms with Crippen molar-refractivity contribution in [3.05, 3.63) is 39.9 Å². The number of aryl methyl sites for hydroxylation is 1. The van der Waals surface area contributed by atoms with Crippen LogP contribution in [0.4, 0.5) is 0 Å². The number of esters is 1. The maximum absolute atomic E-state index is 12.6. The quantitative estimate of drug-likeness (QED) is 0.708. The topological polar surface area (TPSA) is 90.3 Å². The number of rotatable bonds is 5. The molecular weight excluding hydrogens is 418 g/mol. The summed E-state index contributed by atoms with van der Waals surface area (Å²) >= 11 is 0. The molecule has 0 saturated heterocycles. The molecule has 7 heteroatoms. The lowest BCUT2D eigenvalue weighted by atomic mass is 9.48. The molecule has 7 rings (SSSR count). The zero-order valence-corrected chi connectivity index (χ0v) is 19.1. The number of benzene rings is 1. The van der Waals surface area contributed by atoms with Crippen molar-refractivity contribution >= 4 is 22.8 Å². The summed E-state index contributed by atoms with van der Waals surface area (Å²) in [6.07, 6.45) is 9.43. The lowest BCUT2D eigenvalue weighted by Crippen LogP contribution is -2.56. The average Bonchev–Trinajstić information content (AvgIpc) is 3.25. The monoisotopic (exact) mass is 449 g/mol. The van der Waals surface area contributed by atoms with Gasteiger partial charge in [-0.3, -0.25) is 14.2 Å². The molecule has 1 amide bonds. The molecule has 0 radical (unpaired) electrons. The van der Waals surface area contributed by atoms with Gasteiger partial charge in [-0.05, 0) is 93.2 Å². The van der Waals surface area contributed by atoms with Crippen molar-refractivity contribution in [1.82, 2.24) is 14.9 Å². The highest BCUT2D eigenvalue weighted by Gasteiger charge is 2.53. The van der Waals surface area contributed by atoms with E-state index in [1.54, 1.807) is 22.8 Å². The maximum atomic E-state index is 12.6. The SMILES string of the molecule is C[C@H](NC(=O)COC(=O)c1ccc2c(=O)n3c(nc2c1)CCC3)C12CC3CC(CC(C3)C1)C2. The van der Waals surface area contributed by atoms with Gasteiger partial charge >= 0.3 is 5.97 Å². The summed E-state index contributed by atoms with van der Waals surface area (Å²) in [6.45, 7) is 2.52. The van der Waals surface area contributed by atoms with Crippen LogP contribution in [0.15, 0.2) is 23.0 Å². The van der Waals surface area contributed by atoms with E-state index in [0.29, 0.717) is 23.0 Å². The fraction of sp³-hybridized carbons (Fsp3) is 0.615. The number of fused-ring (bicyclic) bond motifs is 2. The van der Waals surface area contributed by atoms with Crippen LogP contribution in [0.25, 0.3) is 10.9 Å². The van der Waals surface area contributed by atoms with Gasteiger partial charge in [0.2, 0.25) is 0 Å². The van der Waals surface area contributed by atoms with Gasteiger partial charge in [0.25, 0.3) is 11.5 Å². The molecule has 0 spiro atoms. The molecule has 4 aliphatic carbocycles. The Morgan fingerprint density at radius 1 is 1.18 bits per heavy atom. The van der Waals surface area contributed by atoms with Crippen LogP contribution in [-0.2, 0) is 22.5 Å². The molecular formula is C26H31N3O4. The molecule has 1 aromatic carbocycles. The van der Waals surface area contributed by atoms with E-state index in [1.165, 1.54) is 38.5 Å². The van der Waals surface area contributed by atoms with Crippen molar-refractivity contribution in [2.45, 2.75) is 70.9 Å². The van der Waals surface area contributed by atoms with Crippen molar-refractivity contribution in [2.24, 2.45) is 23.2 Å². The van der Waals surface area contributed by atoms with E-state index in [9.17, 15) is 14.4 Å². The minimum Gasteiger partial charge on any atom is -0.452 e. The Morgan fingerprint density at radius 2 is 1.88 bits per heavy atom. The van der Waals surface area contributed by atoms with E-state index in [-0.39, 0.29) is 29.5 Å². The van der Waals surface area contributed by atoms with Gasteiger partial charge < -0.3 is 10.1 Å². The Hall–Kier alpha value is -2.70. The predicted molar refractivity (Wildman–Crippen MR) is 123 cm³/mol. The highest BCUT2D eigenvalue weighted by Crippen LogP contribution is 2.61. The zero-order chi connectivity index (χ0) is 22.7. The van der Waals surface area contributed by atoms with Gasteiger partial charge in [0.15, 0.2) is 6.61 Å². The molecule has 7 nitrogen and oxygen atoms in total. The normalized spacial score (nSPS) is 30.3. The van der Waals surface area contributed by atoms with Crippen molar-refractivity contribution in [2.75, 3.05) is 6.61 Å². The van der Waals surface area contributed by atoms with E-state index < -0.39 is 5.97 Å². The van der Waals surface area contributed by atoms with Gasteiger partial charge in [-0.1, -0.05) is 0 Å². The average molecular weight is 450 g/mol. The smallest absolute Gasteiger partial charge is 0.338 e. The molecule has 1 atom stereocenters. The molecule has 4 bridgehead atoms. The van der Waals surface area contributed by atoms with Crippen molar-refractivity contribution in [3.8, 4) is 0 Å². The van der Waals surface area contributed by atoms with Gasteiger partial charge in [-0.25, -0.2) is 9.78 Å². The number of ether oxygens (including phenoxy) is 1. The van der Waals surface area contributed by atoms with Crippen LogP contribution < -0.4 is 10.9 Å².